The lowest BCUT2D eigenvalue weighted by atomic mass is 10.0. The smallest absolute Gasteiger partial charge is 0.319 e. The lowest BCUT2D eigenvalue weighted by Crippen LogP contribution is -2.39. The Kier molecular flexibility index (Phi) is 7.72. The van der Waals surface area contributed by atoms with E-state index in [4.69, 9.17) is 5.26 Å². The maximum absolute atomic E-state index is 12.2. The van der Waals surface area contributed by atoms with Crippen LogP contribution in [0, 0.1) is 11.3 Å². The molecule has 8 heteroatoms. The Labute approximate surface area is 165 Å². The zero-order valence-corrected chi connectivity index (χ0v) is 16.5. The van der Waals surface area contributed by atoms with E-state index in [2.05, 4.69) is 45.3 Å². The van der Waals surface area contributed by atoms with Crippen molar-refractivity contribution < 1.29 is 4.79 Å². The molecule has 1 aromatic heterocycles. The number of benzene rings is 1. The van der Waals surface area contributed by atoms with E-state index in [0.29, 0.717) is 18.2 Å². The van der Waals surface area contributed by atoms with Crippen LogP contribution in [0.15, 0.2) is 36.4 Å². The SMILES string of the molecule is CC(C)c1ccc(NC(=O)NC2CCN(c3ccc(C#N)nn3)C2)cc1.CN. The first-order valence-electron chi connectivity index (χ1n) is 9.29. The summed E-state index contributed by atoms with van der Waals surface area (Å²) in [7, 11) is 1.50. The highest BCUT2D eigenvalue weighted by atomic mass is 16.2. The first-order chi connectivity index (χ1) is 13.5. The summed E-state index contributed by atoms with van der Waals surface area (Å²) in [4.78, 5) is 14.3. The van der Waals surface area contributed by atoms with Gasteiger partial charge in [0.1, 0.15) is 6.07 Å². The van der Waals surface area contributed by atoms with Gasteiger partial charge in [0, 0.05) is 24.8 Å². The molecule has 8 nitrogen and oxygen atoms in total. The third-order valence-electron chi connectivity index (χ3n) is 4.45. The van der Waals surface area contributed by atoms with Gasteiger partial charge in [-0.15, -0.1) is 10.2 Å². The fourth-order valence-corrected chi connectivity index (χ4v) is 2.94. The molecule has 1 saturated heterocycles. The Hall–Kier alpha value is -3.18. The van der Waals surface area contributed by atoms with E-state index in [1.54, 1.807) is 12.1 Å². The fraction of sp³-hybridized carbons (Fsp3) is 0.400. The second-order valence-corrected chi connectivity index (χ2v) is 6.70. The average Bonchev–Trinajstić information content (AvgIpc) is 3.18. The second-order valence-electron chi connectivity index (χ2n) is 6.70. The van der Waals surface area contributed by atoms with Crippen molar-refractivity contribution in [2.75, 3.05) is 30.4 Å². The topological polar surface area (TPSA) is 120 Å². The van der Waals surface area contributed by atoms with Crippen molar-refractivity contribution in [3.63, 3.8) is 0 Å². The molecule has 0 saturated carbocycles. The van der Waals surface area contributed by atoms with Gasteiger partial charge in [0.05, 0.1) is 0 Å². The number of hydrogen-bond donors (Lipinski definition) is 3. The Morgan fingerprint density at radius 1 is 1.21 bits per heavy atom. The van der Waals surface area contributed by atoms with Gasteiger partial charge in [-0.05, 0) is 49.2 Å². The zero-order valence-electron chi connectivity index (χ0n) is 16.5. The largest absolute Gasteiger partial charge is 0.353 e. The first kappa shape index (κ1) is 21.1. The van der Waals surface area contributed by atoms with E-state index in [0.717, 1.165) is 24.5 Å². The van der Waals surface area contributed by atoms with Crippen molar-refractivity contribution in [1.82, 2.24) is 15.5 Å². The van der Waals surface area contributed by atoms with E-state index in [1.165, 1.54) is 12.6 Å². The first-order valence-corrected chi connectivity index (χ1v) is 9.29. The molecular weight excluding hydrogens is 354 g/mol. The molecule has 1 atom stereocenters. The molecule has 0 bridgehead atoms. The van der Waals surface area contributed by atoms with E-state index in [1.807, 2.05) is 30.3 Å². The van der Waals surface area contributed by atoms with Crippen molar-refractivity contribution in [3.8, 4) is 6.07 Å². The molecule has 1 aromatic carbocycles. The van der Waals surface area contributed by atoms with Crippen LogP contribution in [-0.2, 0) is 0 Å². The molecule has 0 spiro atoms. The molecule has 0 radical (unpaired) electrons. The number of carbonyl (C=O) groups excluding carboxylic acids is 1. The summed E-state index contributed by atoms with van der Waals surface area (Å²) in [5.41, 5.74) is 6.82. The molecule has 1 aliphatic heterocycles. The third kappa shape index (κ3) is 5.66. The predicted octanol–water partition coefficient (Wildman–Crippen LogP) is 2.45. The summed E-state index contributed by atoms with van der Waals surface area (Å²) < 4.78 is 0. The minimum atomic E-state index is -0.208. The lowest BCUT2D eigenvalue weighted by molar-refractivity contribution is 0.249. The molecule has 2 aromatic rings. The van der Waals surface area contributed by atoms with Gasteiger partial charge in [-0.2, -0.15) is 5.26 Å². The summed E-state index contributed by atoms with van der Waals surface area (Å²) in [6, 6.07) is 13.1. The van der Waals surface area contributed by atoms with Gasteiger partial charge >= 0.3 is 6.03 Å². The number of aromatic nitrogens is 2. The number of nitrogens with two attached hydrogens (primary N) is 1. The van der Waals surface area contributed by atoms with Gasteiger partial charge in [0.25, 0.3) is 0 Å². The lowest BCUT2D eigenvalue weighted by Gasteiger charge is -2.17. The Morgan fingerprint density at radius 3 is 2.50 bits per heavy atom. The van der Waals surface area contributed by atoms with Crippen LogP contribution in [-0.4, -0.2) is 42.4 Å². The summed E-state index contributed by atoms with van der Waals surface area (Å²) >= 11 is 0. The molecule has 0 aliphatic carbocycles. The highest BCUT2D eigenvalue weighted by molar-refractivity contribution is 5.89. The molecular formula is C20H27N7O. The molecule has 3 rings (SSSR count). The molecule has 2 heterocycles. The maximum atomic E-state index is 12.2. The normalized spacial score (nSPS) is 15.4. The van der Waals surface area contributed by atoms with Crippen LogP contribution >= 0.6 is 0 Å². The van der Waals surface area contributed by atoms with Gasteiger partial charge in [-0.25, -0.2) is 4.79 Å². The van der Waals surface area contributed by atoms with Crippen LogP contribution in [0.25, 0.3) is 0 Å². The molecule has 4 N–H and O–H groups in total. The van der Waals surface area contributed by atoms with Crippen molar-refractivity contribution in [1.29, 1.82) is 5.26 Å². The summed E-state index contributed by atoms with van der Waals surface area (Å²) in [5.74, 6) is 1.19. The van der Waals surface area contributed by atoms with Crippen LogP contribution in [0.3, 0.4) is 0 Å². The molecule has 2 amide bonds. The number of anilines is 2. The van der Waals surface area contributed by atoms with E-state index in [-0.39, 0.29) is 12.1 Å². The van der Waals surface area contributed by atoms with Gasteiger partial charge in [-0.1, -0.05) is 26.0 Å². The molecule has 28 heavy (non-hydrogen) atoms. The fourth-order valence-electron chi connectivity index (χ4n) is 2.94. The Balaban J connectivity index is 0.00000136. The Morgan fingerprint density at radius 2 is 1.93 bits per heavy atom. The monoisotopic (exact) mass is 381 g/mol. The van der Waals surface area contributed by atoms with Crippen LogP contribution < -0.4 is 21.3 Å². The molecule has 148 valence electrons. The highest BCUT2D eigenvalue weighted by Gasteiger charge is 2.25. The summed E-state index contributed by atoms with van der Waals surface area (Å²) in [5, 5.41) is 22.6. The van der Waals surface area contributed by atoms with E-state index in [9.17, 15) is 4.79 Å². The Bertz CT molecular complexity index is 797. The zero-order chi connectivity index (χ0) is 20.5. The number of amides is 2. The summed E-state index contributed by atoms with van der Waals surface area (Å²) in [6.45, 7) is 5.73. The number of rotatable bonds is 4. The number of nitrogens with zero attached hydrogens (tertiary/aromatic N) is 4. The van der Waals surface area contributed by atoms with Crippen LogP contribution in [0.1, 0.15) is 37.4 Å². The summed E-state index contributed by atoms with van der Waals surface area (Å²) in [6.07, 6.45) is 0.835. The van der Waals surface area contributed by atoms with Crippen LogP contribution in [0.4, 0.5) is 16.3 Å². The molecule has 1 fully saturated rings. The van der Waals surface area contributed by atoms with E-state index < -0.39 is 0 Å². The highest BCUT2D eigenvalue weighted by Crippen LogP contribution is 2.19. The average molecular weight is 381 g/mol. The van der Waals surface area contributed by atoms with Crippen molar-refractivity contribution in [3.05, 3.63) is 47.7 Å². The van der Waals surface area contributed by atoms with Crippen molar-refractivity contribution in [2.45, 2.75) is 32.2 Å². The van der Waals surface area contributed by atoms with Gasteiger partial charge < -0.3 is 21.3 Å². The quantitative estimate of drug-likeness (QED) is 0.748. The number of nitrogens with one attached hydrogen (secondary N) is 2. The predicted molar refractivity (Wildman–Crippen MR) is 110 cm³/mol. The number of urea groups is 1. The minimum Gasteiger partial charge on any atom is -0.353 e. The number of hydrogen-bond acceptors (Lipinski definition) is 6. The molecule has 1 aliphatic rings. The number of nitriles is 1. The third-order valence-corrected chi connectivity index (χ3v) is 4.45. The van der Waals surface area contributed by atoms with Gasteiger partial charge in [0.2, 0.25) is 0 Å². The van der Waals surface area contributed by atoms with Crippen LogP contribution in [0.2, 0.25) is 0 Å². The number of carbonyl (C=O) groups is 1. The standard InChI is InChI=1S/C19H22N6O.CH5N/c1-13(2)14-3-5-15(6-4-14)21-19(26)22-17-9-10-25(12-17)18-8-7-16(11-20)23-24-18;1-2/h3-8,13,17H,9-10,12H2,1-2H3,(H2,21,22,26);2H2,1H3. The second kappa shape index (κ2) is 10.2. The van der Waals surface area contributed by atoms with Crippen molar-refractivity contribution in [2.24, 2.45) is 5.73 Å². The molecule has 1 unspecified atom stereocenters. The van der Waals surface area contributed by atoms with Crippen molar-refractivity contribution >= 4 is 17.5 Å². The minimum absolute atomic E-state index is 0.0439. The van der Waals surface area contributed by atoms with E-state index >= 15 is 0 Å². The van der Waals surface area contributed by atoms with Crippen LogP contribution in [0.5, 0.6) is 0 Å². The maximum Gasteiger partial charge on any atom is 0.319 e. The van der Waals surface area contributed by atoms with Gasteiger partial charge in [0.15, 0.2) is 11.5 Å². The van der Waals surface area contributed by atoms with Gasteiger partial charge in [-0.3, -0.25) is 0 Å².